The summed E-state index contributed by atoms with van der Waals surface area (Å²) in [6.45, 7) is -1.90. The van der Waals surface area contributed by atoms with E-state index >= 15 is 0 Å². The summed E-state index contributed by atoms with van der Waals surface area (Å²) < 4.78 is 64.4. The Morgan fingerprint density at radius 3 is 0.875 bits per heavy atom. The summed E-state index contributed by atoms with van der Waals surface area (Å²) in [6.07, 6.45) is 0. The largest absolute Gasteiger partial charge is 0.447 e. The molecule has 146 valence electrons. The Balaban J connectivity index is 5.73. The average molecular weight is 512 g/mol. The summed E-state index contributed by atoms with van der Waals surface area (Å²) in [7, 11) is -17.1. The van der Waals surface area contributed by atoms with E-state index in [1.54, 1.807) is 0 Å². The first-order valence-corrected chi connectivity index (χ1v) is 13.8. The molecule has 8 unspecified atom stereocenters. The van der Waals surface area contributed by atoms with Crippen molar-refractivity contribution in [3.05, 3.63) is 0 Å². The van der Waals surface area contributed by atoms with Gasteiger partial charge in [0, 0.05) is 13.1 Å². The molecule has 4 N–H and O–H groups in total. The van der Waals surface area contributed by atoms with Crippen molar-refractivity contribution in [1.29, 1.82) is 0 Å². The van der Waals surface area contributed by atoms with E-state index in [-0.39, 0.29) is 8.88 Å². The first kappa shape index (κ1) is 26.2. The van der Waals surface area contributed by atoms with Crippen LogP contribution in [0.1, 0.15) is 0 Å². The molecular formula is C2H20N2O12P8+4. The van der Waals surface area contributed by atoms with Gasteiger partial charge >= 0.3 is 31.0 Å². The molecule has 0 saturated carbocycles. The maximum Gasteiger partial charge on any atom is 0.447 e. The minimum Gasteiger partial charge on any atom is -0.310 e. The molecule has 8 atom stereocenters. The van der Waals surface area contributed by atoms with E-state index in [0.29, 0.717) is 37.9 Å². The molecule has 0 rings (SSSR count). The van der Waals surface area contributed by atoms with Gasteiger partial charge in [-0.3, -0.25) is 0 Å². The van der Waals surface area contributed by atoms with Gasteiger partial charge in [-0.05, 0) is 0 Å². The fourth-order valence-corrected chi connectivity index (χ4v) is 8.88. The molecule has 0 fully saturated rings. The summed E-state index contributed by atoms with van der Waals surface area (Å²) >= 11 is 0. The van der Waals surface area contributed by atoms with Crippen molar-refractivity contribution >= 4 is 68.9 Å². The molecule has 14 nitrogen and oxygen atoms in total. The quantitative estimate of drug-likeness (QED) is 0.274. The second kappa shape index (κ2) is 10.1. The zero-order valence-electron chi connectivity index (χ0n) is 12.0. The average Bonchev–Trinajstić information content (AvgIpc) is 2.50. The standard InChI is InChI=1S/C2H16N2O12P8/c5-21(6,13-17)3(22(7,8)14-18)1-2-4(23(9,10)15-19)24(11,12)16-20/h1-2H2,17-20H3/p+4. The fourth-order valence-electron chi connectivity index (χ4n) is 1.24. The lowest BCUT2D eigenvalue weighted by Crippen LogP contribution is -2.29. The van der Waals surface area contributed by atoms with Crippen LogP contribution in [0.5, 0.6) is 0 Å². The highest BCUT2D eigenvalue weighted by molar-refractivity contribution is 7.69. The van der Waals surface area contributed by atoms with Crippen LogP contribution in [0, 0.1) is 0 Å². The van der Waals surface area contributed by atoms with Gasteiger partial charge in [-0.2, -0.15) is 0 Å². The Morgan fingerprint density at radius 2 is 0.750 bits per heavy atom. The first-order valence-electron chi connectivity index (χ1n) is 5.35. The van der Waals surface area contributed by atoms with Crippen molar-refractivity contribution in [2.75, 3.05) is 13.1 Å². The summed E-state index contributed by atoms with van der Waals surface area (Å²) in [5.41, 5.74) is 0. The summed E-state index contributed by atoms with van der Waals surface area (Å²) in [5.74, 6) is 0. The maximum absolute atomic E-state index is 11.9. The molecule has 0 bridgehead atoms. The number of hydrogen-bond acceptors (Lipinski definition) is 8. The highest BCUT2D eigenvalue weighted by atomic mass is 31.3. The van der Waals surface area contributed by atoms with Gasteiger partial charge in [0.05, 0.1) is 0 Å². The summed E-state index contributed by atoms with van der Waals surface area (Å²) in [5, 5.41) is 0. The van der Waals surface area contributed by atoms with Crippen LogP contribution < -0.4 is 0 Å². The second-order valence-electron chi connectivity index (χ2n) is 3.67. The maximum atomic E-state index is 11.9. The lowest BCUT2D eigenvalue weighted by molar-refractivity contribution is 0.263. The number of hydrogen-bond donors (Lipinski definition) is 4. The second-order valence-corrected chi connectivity index (χ2v) is 14.3. The van der Waals surface area contributed by atoms with E-state index in [0.717, 1.165) is 0 Å². The Bertz CT molecular complexity index is 508. The zero-order chi connectivity index (χ0) is 19.4. The molecule has 24 heavy (non-hydrogen) atoms. The van der Waals surface area contributed by atoms with Gasteiger partial charge < -0.3 is 19.6 Å². The highest BCUT2D eigenvalue weighted by Gasteiger charge is 2.50. The molecule has 0 saturated heterocycles. The Labute approximate surface area is 146 Å². The van der Waals surface area contributed by atoms with Crippen LogP contribution in [0.4, 0.5) is 0 Å². The van der Waals surface area contributed by atoms with E-state index in [2.05, 4.69) is 17.2 Å². The molecule has 0 aliphatic carbocycles. The highest BCUT2D eigenvalue weighted by Crippen LogP contribution is 2.67. The minimum absolute atomic E-state index is 0.0249. The van der Waals surface area contributed by atoms with E-state index in [9.17, 15) is 37.8 Å². The Hall–Kier alpha value is 2.24. The van der Waals surface area contributed by atoms with Crippen molar-refractivity contribution < 1.29 is 55.1 Å². The van der Waals surface area contributed by atoms with Crippen molar-refractivity contribution in [3.63, 3.8) is 0 Å². The Morgan fingerprint density at radius 1 is 0.583 bits per heavy atom. The molecule has 0 aliphatic rings. The molecule has 0 spiro atoms. The first-order chi connectivity index (χ1) is 10.7. The van der Waals surface area contributed by atoms with Gasteiger partial charge in [0.15, 0.2) is 0 Å². The monoisotopic (exact) mass is 512 g/mol. The lowest BCUT2D eigenvalue weighted by atomic mass is 10.7. The van der Waals surface area contributed by atoms with Crippen LogP contribution in [0.2, 0.25) is 0 Å². The molecular weight excluding hydrogens is 492 g/mol. The molecule has 0 aliphatic heterocycles. The SMILES string of the molecule is O=P(O)(O[PH3+])N(CCN(P(=O)(O)O[PH3+])P(=O)(O)O[PH3+])P(=O)(O)O[PH3+]. The normalized spacial score (nSPS) is 23.1. The van der Waals surface area contributed by atoms with E-state index in [1.165, 1.54) is 0 Å². The predicted octanol–water partition coefficient (Wildman–Crippen LogP) is 0.148. The van der Waals surface area contributed by atoms with Crippen LogP contribution in [-0.4, -0.2) is 41.5 Å². The topological polar surface area (TPSA) is 193 Å². The fraction of sp³-hybridized carbons (Fsp3) is 1.00. The van der Waals surface area contributed by atoms with Crippen LogP contribution in [0.15, 0.2) is 0 Å². The molecule has 0 aromatic carbocycles. The van der Waals surface area contributed by atoms with Gasteiger partial charge in [-0.1, -0.05) is 0 Å². The number of rotatable bonds is 11. The van der Waals surface area contributed by atoms with E-state index in [4.69, 9.17) is 0 Å². The summed E-state index contributed by atoms with van der Waals surface area (Å²) in [4.78, 5) is 38.4. The zero-order valence-corrected chi connectivity index (χ0v) is 21.2. The minimum atomic E-state index is -4.83. The van der Waals surface area contributed by atoms with E-state index < -0.39 is 44.1 Å². The third kappa shape index (κ3) is 7.00. The molecule has 0 amide bonds. The van der Waals surface area contributed by atoms with Gasteiger partial charge in [-0.15, -0.1) is 26.1 Å². The third-order valence-corrected chi connectivity index (χ3v) is 13.6. The van der Waals surface area contributed by atoms with Crippen LogP contribution in [0.3, 0.4) is 0 Å². The van der Waals surface area contributed by atoms with Crippen molar-refractivity contribution in [1.82, 2.24) is 8.88 Å². The van der Waals surface area contributed by atoms with Crippen LogP contribution in [-0.2, 0) is 35.5 Å². The van der Waals surface area contributed by atoms with Gasteiger partial charge in [-0.25, -0.2) is 18.3 Å². The van der Waals surface area contributed by atoms with Crippen molar-refractivity contribution in [2.24, 2.45) is 0 Å². The van der Waals surface area contributed by atoms with Crippen molar-refractivity contribution in [2.45, 2.75) is 0 Å². The third-order valence-electron chi connectivity index (χ3n) is 2.34. The molecule has 0 radical (unpaired) electrons. The van der Waals surface area contributed by atoms with Gasteiger partial charge in [0.2, 0.25) is 0 Å². The Kier molecular flexibility index (Phi) is 11.1. The van der Waals surface area contributed by atoms with E-state index in [1.807, 2.05) is 0 Å². The lowest BCUT2D eigenvalue weighted by Gasteiger charge is -2.29. The molecule has 22 heteroatoms. The predicted molar refractivity (Wildman–Crippen MR) is 101 cm³/mol. The molecule has 0 heterocycles. The number of nitrogens with zero attached hydrogens (tertiary/aromatic N) is 2. The van der Waals surface area contributed by atoms with Crippen LogP contribution >= 0.6 is 68.9 Å². The van der Waals surface area contributed by atoms with Crippen LogP contribution in [0.25, 0.3) is 0 Å². The smallest absolute Gasteiger partial charge is 0.310 e. The van der Waals surface area contributed by atoms with Crippen molar-refractivity contribution in [3.8, 4) is 0 Å². The molecule has 0 aromatic heterocycles. The molecule has 0 aromatic rings. The van der Waals surface area contributed by atoms with Gasteiger partial charge in [0.1, 0.15) is 37.9 Å². The van der Waals surface area contributed by atoms with Gasteiger partial charge in [0.25, 0.3) is 0 Å². The summed E-state index contributed by atoms with van der Waals surface area (Å²) in [6, 6.07) is 0.